The molecule has 4 heterocycles. The van der Waals surface area contributed by atoms with Crippen LogP contribution in [0.4, 0.5) is 0 Å². The number of aromatic nitrogens is 2. The summed E-state index contributed by atoms with van der Waals surface area (Å²) >= 11 is 0. The van der Waals surface area contributed by atoms with Crippen LogP contribution in [-0.2, 0) is 0 Å². The van der Waals surface area contributed by atoms with E-state index in [2.05, 4.69) is 118 Å². The summed E-state index contributed by atoms with van der Waals surface area (Å²) in [4.78, 5) is 0. The van der Waals surface area contributed by atoms with Gasteiger partial charge < -0.3 is 18.0 Å². The molecule has 0 aliphatic heterocycles. The van der Waals surface area contributed by atoms with Crippen molar-refractivity contribution in [3.05, 3.63) is 193 Å². The molecule has 0 bridgehead atoms. The number of fused-ring (bicyclic) bond motifs is 14. The van der Waals surface area contributed by atoms with Crippen LogP contribution in [0.1, 0.15) is 11.1 Å². The molecule has 9 aromatic carbocycles. The van der Waals surface area contributed by atoms with Gasteiger partial charge in [-0.15, -0.1) is 0 Å². The molecule has 4 aromatic heterocycles. The van der Waals surface area contributed by atoms with Crippen molar-refractivity contribution in [1.29, 1.82) is 10.5 Å². The summed E-state index contributed by atoms with van der Waals surface area (Å²) in [6.45, 7) is 0. The first kappa shape index (κ1) is 34.1. The number of nitrogens with zero attached hydrogens (tertiary/aromatic N) is 4. The maximum absolute atomic E-state index is 11.5. The summed E-state index contributed by atoms with van der Waals surface area (Å²) in [6, 6.07) is 67.0. The molecule has 13 aromatic rings. The molecule has 62 heavy (non-hydrogen) atoms. The predicted octanol–water partition coefficient (Wildman–Crippen LogP) is 14.8. The molecule has 286 valence electrons. The Morgan fingerprint density at radius 3 is 1.24 bits per heavy atom. The molecule has 0 spiro atoms. The Labute approximate surface area is 353 Å². The lowest BCUT2D eigenvalue weighted by molar-refractivity contribution is 0.672. The molecule has 0 aliphatic carbocycles. The molecule has 0 saturated heterocycles. The van der Waals surface area contributed by atoms with Crippen LogP contribution in [-0.4, -0.2) is 9.13 Å². The van der Waals surface area contributed by atoms with E-state index in [1.54, 1.807) is 0 Å². The Morgan fingerprint density at radius 1 is 0.355 bits per heavy atom. The number of para-hydroxylation sites is 2. The minimum absolute atomic E-state index is 0.426. The Balaban J connectivity index is 1.15. The SMILES string of the molecule is N#Cc1cc(-n2c3ccc(-c4ccccc4)cc3c3c4oc5ccccc5c4ccc32)c(C#N)c(-n2c3ccc(-c4ccccc4)cc3c3c4oc5ccccc5c4ccc32)c1. The zero-order valence-corrected chi connectivity index (χ0v) is 32.9. The van der Waals surface area contributed by atoms with Gasteiger partial charge in [-0.1, -0.05) is 109 Å². The van der Waals surface area contributed by atoms with E-state index < -0.39 is 0 Å². The predicted molar refractivity (Wildman–Crippen MR) is 250 cm³/mol. The fourth-order valence-electron chi connectivity index (χ4n) is 9.86. The maximum Gasteiger partial charge on any atom is 0.145 e. The minimum Gasteiger partial charge on any atom is -0.455 e. The van der Waals surface area contributed by atoms with Crippen LogP contribution >= 0.6 is 0 Å². The van der Waals surface area contributed by atoms with Crippen molar-refractivity contribution in [3.8, 4) is 45.8 Å². The van der Waals surface area contributed by atoms with Gasteiger partial charge in [0.05, 0.1) is 55.8 Å². The average molecular weight is 791 g/mol. The number of rotatable bonds is 4. The number of nitriles is 2. The molecule has 0 aliphatic rings. The zero-order chi connectivity index (χ0) is 41.1. The third-order valence-corrected chi connectivity index (χ3v) is 12.6. The lowest BCUT2D eigenvalue weighted by atomic mass is 10.0. The molecule has 0 atom stereocenters. The minimum atomic E-state index is 0.426. The summed E-state index contributed by atoms with van der Waals surface area (Å²) < 4.78 is 17.7. The van der Waals surface area contributed by atoms with E-state index >= 15 is 0 Å². The van der Waals surface area contributed by atoms with E-state index in [-0.39, 0.29) is 0 Å². The van der Waals surface area contributed by atoms with Crippen molar-refractivity contribution in [3.63, 3.8) is 0 Å². The lowest BCUT2D eigenvalue weighted by Crippen LogP contribution is -2.05. The first-order chi connectivity index (χ1) is 30.7. The molecule has 0 unspecified atom stereocenters. The first-order valence-corrected chi connectivity index (χ1v) is 20.5. The smallest absolute Gasteiger partial charge is 0.145 e. The molecule has 0 radical (unpaired) electrons. The maximum atomic E-state index is 11.5. The molecular weight excluding hydrogens is 761 g/mol. The van der Waals surface area contributed by atoms with Crippen molar-refractivity contribution in [2.24, 2.45) is 0 Å². The van der Waals surface area contributed by atoms with Crippen LogP contribution in [0.25, 0.3) is 121 Å². The van der Waals surface area contributed by atoms with Crippen LogP contribution in [0.15, 0.2) is 191 Å². The highest BCUT2D eigenvalue weighted by molar-refractivity contribution is 6.26. The van der Waals surface area contributed by atoms with Gasteiger partial charge in [-0.3, -0.25) is 0 Å². The number of hydrogen-bond acceptors (Lipinski definition) is 4. The lowest BCUT2D eigenvalue weighted by Gasteiger charge is -2.17. The van der Waals surface area contributed by atoms with Gasteiger partial charge in [0, 0.05) is 32.3 Å². The van der Waals surface area contributed by atoms with E-state index in [0.29, 0.717) is 22.5 Å². The first-order valence-electron chi connectivity index (χ1n) is 20.5. The van der Waals surface area contributed by atoms with E-state index in [0.717, 1.165) is 110 Å². The van der Waals surface area contributed by atoms with Crippen LogP contribution in [0.5, 0.6) is 0 Å². The third-order valence-electron chi connectivity index (χ3n) is 12.6. The van der Waals surface area contributed by atoms with Gasteiger partial charge in [0.15, 0.2) is 0 Å². The number of furan rings is 2. The van der Waals surface area contributed by atoms with Crippen molar-refractivity contribution in [2.45, 2.75) is 0 Å². The quantitative estimate of drug-likeness (QED) is 0.178. The molecule has 6 heteroatoms. The average Bonchev–Trinajstić information content (AvgIpc) is 4.08. The van der Waals surface area contributed by atoms with Crippen molar-refractivity contribution in [2.75, 3.05) is 0 Å². The van der Waals surface area contributed by atoms with E-state index in [4.69, 9.17) is 8.83 Å². The van der Waals surface area contributed by atoms with Crippen molar-refractivity contribution in [1.82, 2.24) is 9.13 Å². The Hall–Kier alpha value is -8.84. The summed E-state index contributed by atoms with van der Waals surface area (Å²) in [5.41, 5.74) is 13.1. The largest absolute Gasteiger partial charge is 0.455 e. The monoisotopic (exact) mass is 790 g/mol. The zero-order valence-electron chi connectivity index (χ0n) is 32.9. The molecule has 6 nitrogen and oxygen atoms in total. The third kappa shape index (κ3) is 4.72. The topological polar surface area (TPSA) is 83.7 Å². The number of benzene rings is 9. The Morgan fingerprint density at radius 2 is 0.790 bits per heavy atom. The highest BCUT2D eigenvalue weighted by Crippen LogP contribution is 2.45. The summed E-state index contributed by atoms with van der Waals surface area (Å²) in [7, 11) is 0. The second-order valence-corrected chi connectivity index (χ2v) is 15.8. The molecule has 13 rings (SSSR count). The molecular formula is C56H30N4O2. The normalized spacial score (nSPS) is 11.8. The van der Waals surface area contributed by atoms with Crippen LogP contribution in [0, 0.1) is 22.7 Å². The van der Waals surface area contributed by atoms with E-state index in [9.17, 15) is 10.5 Å². The van der Waals surface area contributed by atoms with Gasteiger partial charge in [0.25, 0.3) is 0 Å². The summed E-state index contributed by atoms with van der Waals surface area (Å²) in [6.07, 6.45) is 0. The summed E-state index contributed by atoms with van der Waals surface area (Å²) in [5.74, 6) is 0. The van der Waals surface area contributed by atoms with Crippen molar-refractivity contribution >= 4 is 87.5 Å². The fraction of sp³-hybridized carbons (Fsp3) is 0. The molecule has 0 fully saturated rings. The summed E-state index contributed by atoms with van der Waals surface area (Å²) in [5, 5.41) is 30.2. The van der Waals surface area contributed by atoms with Gasteiger partial charge >= 0.3 is 0 Å². The van der Waals surface area contributed by atoms with Gasteiger partial charge in [-0.25, -0.2) is 0 Å². The molecule has 0 saturated carbocycles. The highest BCUT2D eigenvalue weighted by Gasteiger charge is 2.26. The van der Waals surface area contributed by atoms with E-state index in [1.165, 1.54) is 0 Å². The van der Waals surface area contributed by atoms with Crippen LogP contribution < -0.4 is 0 Å². The van der Waals surface area contributed by atoms with Crippen LogP contribution in [0.3, 0.4) is 0 Å². The number of hydrogen-bond donors (Lipinski definition) is 0. The van der Waals surface area contributed by atoms with Gasteiger partial charge in [-0.05, 0) is 95.1 Å². The van der Waals surface area contributed by atoms with E-state index in [1.807, 2.05) is 84.9 Å². The van der Waals surface area contributed by atoms with Crippen LogP contribution in [0.2, 0.25) is 0 Å². The Kier molecular flexibility index (Phi) is 7.05. The molecule has 0 N–H and O–H groups in total. The van der Waals surface area contributed by atoms with Crippen molar-refractivity contribution < 1.29 is 8.83 Å². The second-order valence-electron chi connectivity index (χ2n) is 15.8. The standard InChI is InChI=1S/C56H30N4O2/c57-31-33-27-49(59-45-23-19-36(34-11-3-1-4-12-34)29-42(45)53-47(59)25-21-40-38-15-7-9-17-51(38)61-55(40)53)44(32-58)50(28-33)60-46-24-20-37(35-13-5-2-6-14-35)30-43(46)54-48(60)26-22-41-39-16-8-10-18-52(39)62-56(41)54/h1-30H. The van der Waals surface area contributed by atoms with Gasteiger partial charge in [-0.2, -0.15) is 10.5 Å². The molecule has 0 amide bonds. The van der Waals surface area contributed by atoms with Gasteiger partial charge in [0.2, 0.25) is 0 Å². The van der Waals surface area contributed by atoms with Gasteiger partial charge in [0.1, 0.15) is 34.0 Å². The Bertz CT molecular complexity index is 3860. The highest BCUT2D eigenvalue weighted by atomic mass is 16.3. The fourth-order valence-corrected chi connectivity index (χ4v) is 9.86. The second kappa shape index (κ2) is 12.8.